The third kappa shape index (κ3) is 17.1. The lowest BCUT2D eigenvalue weighted by Crippen LogP contribution is -2.42. The van der Waals surface area contributed by atoms with E-state index in [0.717, 1.165) is 19.4 Å². The molecular formula is C23H47NO2. The monoisotopic (exact) mass is 369 g/mol. The molecule has 2 unspecified atom stereocenters. The first-order chi connectivity index (χ1) is 12.8. The fraction of sp³-hybridized carbons (Fsp3) is 0.913. The molecule has 0 fully saturated rings. The van der Waals surface area contributed by atoms with Crippen LogP contribution in [0.25, 0.3) is 0 Å². The first-order valence-corrected chi connectivity index (χ1v) is 11.4. The Morgan fingerprint density at radius 3 is 1.77 bits per heavy atom. The first-order valence-electron chi connectivity index (χ1n) is 11.4. The molecule has 156 valence electrons. The molecule has 0 aliphatic carbocycles. The van der Waals surface area contributed by atoms with E-state index in [1.165, 1.54) is 83.5 Å². The van der Waals surface area contributed by atoms with Gasteiger partial charge in [0.2, 0.25) is 0 Å². The van der Waals surface area contributed by atoms with E-state index in [9.17, 15) is 10.2 Å². The van der Waals surface area contributed by atoms with Crippen molar-refractivity contribution in [1.82, 2.24) is 5.32 Å². The Hall–Kier alpha value is -0.380. The van der Waals surface area contributed by atoms with Crippen LogP contribution in [0.3, 0.4) is 0 Å². The number of hydrogen-bond donors (Lipinski definition) is 3. The molecule has 3 heteroatoms. The number of hydrogen-bond acceptors (Lipinski definition) is 3. The van der Waals surface area contributed by atoms with Gasteiger partial charge in [-0.15, -0.1) is 0 Å². The SMILES string of the molecule is CCCCCCCCCCCCCC=CC(O)C(CO)NCCCCC. The number of nitrogens with one attached hydrogen (secondary N) is 1. The second-order valence-electron chi connectivity index (χ2n) is 7.69. The van der Waals surface area contributed by atoms with E-state index in [1.807, 2.05) is 6.08 Å². The molecule has 0 saturated carbocycles. The van der Waals surface area contributed by atoms with Crippen LogP contribution in [0.1, 0.15) is 110 Å². The Morgan fingerprint density at radius 1 is 0.731 bits per heavy atom. The second kappa shape index (κ2) is 20.9. The van der Waals surface area contributed by atoms with Crippen LogP contribution in [0.4, 0.5) is 0 Å². The van der Waals surface area contributed by atoms with Crippen LogP contribution in [0, 0.1) is 0 Å². The van der Waals surface area contributed by atoms with Gasteiger partial charge in [0.05, 0.1) is 18.8 Å². The molecule has 0 bridgehead atoms. The van der Waals surface area contributed by atoms with Gasteiger partial charge in [-0.2, -0.15) is 0 Å². The minimum atomic E-state index is -0.589. The highest BCUT2D eigenvalue weighted by Crippen LogP contribution is 2.12. The first kappa shape index (κ1) is 25.6. The maximum atomic E-state index is 10.1. The fourth-order valence-corrected chi connectivity index (χ4v) is 3.25. The van der Waals surface area contributed by atoms with Crippen molar-refractivity contribution in [3.05, 3.63) is 12.2 Å². The predicted molar refractivity (Wildman–Crippen MR) is 115 cm³/mol. The van der Waals surface area contributed by atoms with Gasteiger partial charge in [0.15, 0.2) is 0 Å². The Labute approximate surface area is 163 Å². The van der Waals surface area contributed by atoms with Crippen molar-refractivity contribution in [3.8, 4) is 0 Å². The highest BCUT2D eigenvalue weighted by atomic mass is 16.3. The number of allylic oxidation sites excluding steroid dienone is 1. The van der Waals surface area contributed by atoms with Crippen molar-refractivity contribution >= 4 is 0 Å². The van der Waals surface area contributed by atoms with E-state index >= 15 is 0 Å². The molecule has 2 atom stereocenters. The molecular weight excluding hydrogens is 322 g/mol. The van der Waals surface area contributed by atoms with Gasteiger partial charge in [0.25, 0.3) is 0 Å². The minimum Gasteiger partial charge on any atom is -0.395 e. The van der Waals surface area contributed by atoms with Crippen LogP contribution >= 0.6 is 0 Å². The van der Waals surface area contributed by atoms with Gasteiger partial charge in [-0.25, -0.2) is 0 Å². The van der Waals surface area contributed by atoms with Gasteiger partial charge < -0.3 is 15.5 Å². The van der Waals surface area contributed by atoms with Gasteiger partial charge in [0.1, 0.15) is 0 Å². The molecule has 26 heavy (non-hydrogen) atoms. The summed E-state index contributed by atoms with van der Waals surface area (Å²) in [6.07, 6.45) is 22.8. The van der Waals surface area contributed by atoms with E-state index in [-0.39, 0.29) is 12.6 Å². The highest BCUT2D eigenvalue weighted by Gasteiger charge is 2.14. The lowest BCUT2D eigenvalue weighted by molar-refractivity contribution is 0.123. The van der Waals surface area contributed by atoms with Gasteiger partial charge in [0, 0.05) is 0 Å². The minimum absolute atomic E-state index is 0.0178. The largest absolute Gasteiger partial charge is 0.395 e. The third-order valence-electron chi connectivity index (χ3n) is 5.10. The van der Waals surface area contributed by atoms with Crippen molar-refractivity contribution in [2.75, 3.05) is 13.2 Å². The number of aliphatic hydroxyl groups excluding tert-OH is 2. The molecule has 3 nitrogen and oxygen atoms in total. The molecule has 0 amide bonds. The molecule has 0 aromatic rings. The predicted octanol–water partition coefficient (Wildman–Crippen LogP) is 5.75. The normalized spacial score (nSPS) is 14.2. The van der Waals surface area contributed by atoms with Crippen molar-refractivity contribution in [1.29, 1.82) is 0 Å². The molecule has 0 aromatic heterocycles. The summed E-state index contributed by atoms with van der Waals surface area (Å²) in [7, 11) is 0. The van der Waals surface area contributed by atoms with E-state index in [0.29, 0.717) is 0 Å². The van der Waals surface area contributed by atoms with Gasteiger partial charge >= 0.3 is 0 Å². The van der Waals surface area contributed by atoms with Crippen molar-refractivity contribution < 1.29 is 10.2 Å². The molecule has 0 heterocycles. The zero-order chi connectivity index (χ0) is 19.3. The van der Waals surface area contributed by atoms with E-state index in [1.54, 1.807) is 0 Å². The molecule has 0 rings (SSSR count). The Balaban J connectivity index is 3.49. The molecule has 0 aromatic carbocycles. The average molecular weight is 370 g/mol. The molecule has 0 aliphatic heterocycles. The summed E-state index contributed by atoms with van der Waals surface area (Å²) in [4.78, 5) is 0. The Morgan fingerprint density at radius 2 is 1.23 bits per heavy atom. The quantitative estimate of drug-likeness (QED) is 0.189. The number of unbranched alkanes of at least 4 members (excludes halogenated alkanes) is 13. The van der Waals surface area contributed by atoms with Crippen LogP contribution in [0.5, 0.6) is 0 Å². The lowest BCUT2D eigenvalue weighted by atomic mass is 10.0. The average Bonchev–Trinajstić information content (AvgIpc) is 2.65. The second-order valence-corrected chi connectivity index (χ2v) is 7.69. The maximum absolute atomic E-state index is 10.1. The summed E-state index contributed by atoms with van der Waals surface area (Å²) in [5, 5.41) is 22.8. The zero-order valence-electron chi connectivity index (χ0n) is 17.7. The van der Waals surface area contributed by atoms with Gasteiger partial charge in [-0.1, -0.05) is 103 Å². The smallest absolute Gasteiger partial charge is 0.0896 e. The lowest BCUT2D eigenvalue weighted by Gasteiger charge is -2.19. The molecule has 0 aliphatic rings. The maximum Gasteiger partial charge on any atom is 0.0896 e. The van der Waals surface area contributed by atoms with Crippen LogP contribution in [-0.2, 0) is 0 Å². The summed E-state index contributed by atoms with van der Waals surface area (Å²) in [5.41, 5.74) is 0. The third-order valence-corrected chi connectivity index (χ3v) is 5.10. The van der Waals surface area contributed by atoms with Crippen molar-refractivity contribution in [2.24, 2.45) is 0 Å². The summed E-state index contributed by atoms with van der Waals surface area (Å²) in [6.45, 7) is 5.29. The van der Waals surface area contributed by atoms with E-state index in [4.69, 9.17) is 0 Å². The van der Waals surface area contributed by atoms with Crippen molar-refractivity contribution in [2.45, 2.75) is 122 Å². The standard InChI is InChI=1S/C23H47NO2/c1-3-5-7-8-9-10-11-12-13-14-15-16-17-19-23(26)22(21-25)24-20-18-6-4-2/h17,19,22-26H,3-16,18,20-21H2,1-2H3. The summed E-state index contributed by atoms with van der Waals surface area (Å²) >= 11 is 0. The summed E-state index contributed by atoms with van der Waals surface area (Å²) in [5.74, 6) is 0. The highest BCUT2D eigenvalue weighted by molar-refractivity contribution is 4.94. The Bertz CT molecular complexity index is 294. The summed E-state index contributed by atoms with van der Waals surface area (Å²) in [6, 6.07) is -0.236. The number of aliphatic hydroxyl groups is 2. The van der Waals surface area contributed by atoms with Crippen molar-refractivity contribution in [3.63, 3.8) is 0 Å². The number of rotatable bonds is 20. The van der Waals surface area contributed by atoms with Gasteiger partial charge in [-0.3, -0.25) is 0 Å². The zero-order valence-corrected chi connectivity index (χ0v) is 17.7. The molecule has 3 N–H and O–H groups in total. The fourth-order valence-electron chi connectivity index (χ4n) is 3.25. The Kier molecular flexibility index (Phi) is 20.6. The van der Waals surface area contributed by atoms with Crippen LogP contribution in [-0.4, -0.2) is 35.5 Å². The van der Waals surface area contributed by atoms with Crippen LogP contribution < -0.4 is 5.32 Å². The topological polar surface area (TPSA) is 52.5 Å². The van der Waals surface area contributed by atoms with E-state index < -0.39 is 6.10 Å². The van der Waals surface area contributed by atoms with Gasteiger partial charge in [-0.05, 0) is 25.8 Å². The summed E-state index contributed by atoms with van der Waals surface area (Å²) < 4.78 is 0. The molecule has 0 radical (unpaired) electrons. The van der Waals surface area contributed by atoms with Crippen LogP contribution in [0.15, 0.2) is 12.2 Å². The molecule has 0 spiro atoms. The van der Waals surface area contributed by atoms with E-state index in [2.05, 4.69) is 25.2 Å². The van der Waals surface area contributed by atoms with Crippen LogP contribution in [0.2, 0.25) is 0 Å². The molecule has 0 saturated heterocycles.